The van der Waals surface area contributed by atoms with Gasteiger partial charge in [0.1, 0.15) is 22.9 Å². The topological polar surface area (TPSA) is 57.0 Å². The van der Waals surface area contributed by atoms with Crippen LogP contribution < -0.4 is 5.73 Å². The first-order valence-electron chi connectivity index (χ1n) is 5.13. The molecule has 1 aromatic carbocycles. The van der Waals surface area contributed by atoms with Crippen LogP contribution in [0.3, 0.4) is 0 Å². The molecule has 3 rings (SSSR count). The van der Waals surface area contributed by atoms with Crippen LogP contribution in [0.2, 0.25) is 0 Å². The summed E-state index contributed by atoms with van der Waals surface area (Å²) in [4.78, 5) is 0. The molecule has 0 bridgehead atoms. The Morgan fingerprint density at radius 1 is 1.35 bits per heavy atom. The zero-order chi connectivity index (χ0) is 12.0. The lowest BCUT2D eigenvalue weighted by Crippen LogP contribution is -1.93. The quantitative estimate of drug-likeness (QED) is 0.700. The van der Waals surface area contributed by atoms with Crippen LogP contribution in [-0.4, -0.2) is 9.78 Å². The summed E-state index contributed by atoms with van der Waals surface area (Å²) in [5.74, 6) is 0.660. The first-order chi connectivity index (χ1) is 8.15. The zero-order valence-corrected chi connectivity index (χ0v) is 9.14. The fourth-order valence-corrected chi connectivity index (χ4v) is 1.87. The number of benzene rings is 1. The molecule has 0 atom stereocenters. The Morgan fingerprint density at radius 3 is 2.82 bits per heavy atom. The molecule has 5 heteroatoms. The van der Waals surface area contributed by atoms with E-state index in [0.29, 0.717) is 22.5 Å². The highest BCUT2D eigenvalue weighted by molar-refractivity contribution is 5.83. The van der Waals surface area contributed by atoms with Crippen LogP contribution in [0.5, 0.6) is 0 Å². The first-order valence-corrected chi connectivity index (χ1v) is 5.13. The lowest BCUT2D eigenvalue weighted by Gasteiger charge is -1.94. The van der Waals surface area contributed by atoms with E-state index in [1.165, 1.54) is 6.07 Å². The minimum atomic E-state index is -0.298. The number of fused-ring (bicyclic) bond motifs is 1. The maximum atomic E-state index is 13.5. The summed E-state index contributed by atoms with van der Waals surface area (Å²) in [6.07, 6.45) is 0. The van der Waals surface area contributed by atoms with Gasteiger partial charge in [-0.15, -0.1) is 0 Å². The maximum Gasteiger partial charge on any atom is 0.153 e. The summed E-state index contributed by atoms with van der Waals surface area (Å²) >= 11 is 0. The van der Waals surface area contributed by atoms with Crippen molar-refractivity contribution in [2.24, 2.45) is 7.05 Å². The third-order valence-electron chi connectivity index (χ3n) is 2.66. The lowest BCUT2D eigenvalue weighted by molar-refractivity contribution is 0.613. The Morgan fingerprint density at radius 2 is 2.18 bits per heavy atom. The van der Waals surface area contributed by atoms with Crippen molar-refractivity contribution < 1.29 is 8.81 Å². The zero-order valence-electron chi connectivity index (χ0n) is 9.14. The number of rotatable bonds is 1. The second-order valence-corrected chi connectivity index (χ2v) is 3.84. The van der Waals surface area contributed by atoms with Gasteiger partial charge in [-0.1, -0.05) is 6.07 Å². The number of halogens is 1. The number of nitrogens with two attached hydrogens (primary N) is 1. The fourth-order valence-electron chi connectivity index (χ4n) is 1.87. The Kier molecular flexibility index (Phi) is 1.95. The largest absolute Gasteiger partial charge is 0.454 e. The summed E-state index contributed by atoms with van der Waals surface area (Å²) in [6.45, 7) is 0. The molecule has 0 spiro atoms. The fraction of sp³-hybridized carbons (Fsp3) is 0.0833. The summed E-state index contributed by atoms with van der Waals surface area (Å²) in [6, 6.07) is 8.08. The molecular weight excluding hydrogens is 221 g/mol. The molecule has 0 saturated carbocycles. The molecule has 0 radical (unpaired) electrons. The van der Waals surface area contributed by atoms with Crippen LogP contribution in [0, 0.1) is 5.82 Å². The van der Waals surface area contributed by atoms with Gasteiger partial charge in [0.15, 0.2) is 5.76 Å². The summed E-state index contributed by atoms with van der Waals surface area (Å²) in [5.41, 5.74) is 6.83. The normalized spacial score (nSPS) is 11.2. The molecule has 86 valence electrons. The number of hydrogen-bond acceptors (Lipinski definition) is 3. The highest BCUT2D eigenvalue weighted by Crippen LogP contribution is 2.29. The van der Waals surface area contributed by atoms with Gasteiger partial charge in [0.05, 0.1) is 5.39 Å². The van der Waals surface area contributed by atoms with E-state index in [9.17, 15) is 4.39 Å². The van der Waals surface area contributed by atoms with E-state index in [0.717, 1.165) is 5.69 Å². The van der Waals surface area contributed by atoms with Crippen molar-refractivity contribution in [1.82, 2.24) is 9.78 Å². The number of aromatic nitrogens is 2. The van der Waals surface area contributed by atoms with Gasteiger partial charge in [0, 0.05) is 13.1 Å². The average molecular weight is 231 g/mol. The van der Waals surface area contributed by atoms with Gasteiger partial charge in [0.25, 0.3) is 0 Å². The molecule has 4 nitrogen and oxygen atoms in total. The summed E-state index contributed by atoms with van der Waals surface area (Å²) < 4.78 is 20.7. The van der Waals surface area contributed by atoms with E-state index in [1.54, 1.807) is 36.0 Å². The molecule has 0 aliphatic carbocycles. The lowest BCUT2D eigenvalue weighted by atomic mass is 10.2. The number of hydrogen-bond donors (Lipinski definition) is 1. The van der Waals surface area contributed by atoms with Crippen molar-refractivity contribution >= 4 is 16.8 Å². The van der Waals surface area contributed by atoms with Crippen LogP contribution in [0.4, 0.5) is 10.2 Å². The molecular formula is C12H10FN3O. The SMILES string of the molecule is Cn1nc(N)cc1-c1cc2c(F)cccc2o1. The van der Waals surface area contributed by atoms with E-state index < -0.39 is 0 Å². The molecule has 2 aromatic heterocycles. The third kappa shape index (κ3) is 1.47. The smallest absolute Gasteiger partial charge is 0.153 e. The van der Waals surface area contributed by atoms with Crippen LogP contribution in [0.25, 0.3) is 22.4 Å². The molecule has 0 saturated heterocycles. The number of nitrogen functional groups attached to an aromatic ring is 1. The first kappa shape index (κ1) is 9.89. The van der Waals surface area contributed by atoms with Crippen LogP contribution in [0.1, 0.15) is 0 Å². The predicted octanol–water partition coefficient (Wildman–Crippen LogP) is 2.55. The Labute approximate surface area is 96.4 Å². The molecule has 0 fully saturated rings. The molecule has 0 unspecified atom stereocenters. The number of nitrogens with zero attached hydrogens (tertiary/aromatic N) is 2. The van der Waals surface area contributed by atoms with Crippen LogP contribution >= 0.6 is 0 Å². The summed E-state index contributed by atoms with van der Waals surface area (Å²) in [7, 11) is 1.76. The van der Waals surface area contributed by atoms with Gasteiger partial charge in [-0.05, 0) is 18.2 Å². The minimum absolute atomic E-state index is 0.298. The average Bonchev–Trinajstić information content (AvgIpc) is 2.82. The van der Waals surface area contributed by atoms with Crippen LogP contribution in [0.15, 0.2) is 34.7 Å². The van der Waals surface area contributed by atoms with Crippen molar-refractivity contribution in [1.29, 1.82) is 0 Å². The third-order valence-corrected chi connectivity index (χ3v) is 2.66. The Balaban J connectivity index is 2.25. The second kappa shape index (κ2) is 3.35. The number of furan rings is 1. The van der Waals surface area contributed by atoms with E-state index in [4.69, 9.17) is 10.2 Å². The van der Waals surface area contributed by atoms with E-state index in [2.05, 4.69) is 5.10 Å². The van der Waals surface area contributed by atoms with E-state index >= 15 is 0 Å². The molecule has 0 aliphatic rings. The van der Waals surface area contributed by atoms with Gasteiger partial charge < -0.3 is 10.2 Å². The molecule has 17 heavy (non-hydrogen) atoms. The minimum Gasteiger partial charge on any atom is -0.454 e. The van der Waals surface area contributed by atoms with Gasteiger partial charge in [-0.3, -0.25) is 4.68 Å². The van der Waals surface area contributed by atoms with Crippen molar-refractivity contribution in [3.63, 3.8) is 0 Å². The summed E-state index contributed by atoms with van der Waals surface area (Å²) in [5, 5.41) is 4.48. The van der Waals surface area contributed by atoms with Crippen molar-refractivity contribution in [2.75, 3.05) is 5.73 Å². The van der Waals surface area contributed by atoms with Gasteiger partial charge >= 0.3 is 0 Å². The highest BCUT2D eigenvalue weighted by Gasteiger charge is 2.13. The van der Waals surface area contributed by atoms with Crippen molar-refractivity contribution in [3.8, 4) is 11.5 Å². The maximum absolute atomic E-state index is 13.5. The molecule has 0 aliphatic heterocycles. The predicted molar refractivity (Wildman–Crippen MR) is 62.8 cm³/mol. The Hall–Kier alpha value is -2.30. The molecule has 2 heterocycles. The van der Waals surface area contributed by atoms with Gasteiger partial charge in [-0.2, -0.15) is 5.10 Å². The van der Waals surface area contributed by atoms with Crippen molar-refractivity contribution in [3.05, 3.63) is 36.1 Å². The second-order valence-electron chi connectivity index (χ2n) is 3.84. The Bertz CT molecular complexity index is 699. The van der Waals surface area contributed by atoms with Crippen LogP contribution in [-0.2, 0) is 7.05 Å². The van der Waals surface area contributed by atoms with Crippen molar-refractivity contribution in [2.45, 2.75) is 0 Å². The van der Waals surface area contributed by atoms with E-state index in [1.807, 2.05) is 0 Å². The standard InChI is InChI=1S/C12H10FN3O/c1-16-9(6-12(14)15-16)11-5-7-8(13)3-2-4-10(7)17-11/h2-6H,1H3,(H2,14,15). The molecule has 3 aromatic rings. The number of aryl methyl sites for hydroxylation is 1. The van der Waals surface area contributed by atoms with Gasteiger partial charge in [0.2, 0.25) is 0 Å². The molecule has 0 amide bonds. The van der Waals surface area contributed by atoms with Gasteiger partial charge in [-0.25, -0.2) is 4.39 Å². The highest BCUT2D eigenvalue weighted by atomic mass is 19.1. The molecule has 2 N–H and O–H groups in total. The monoisotopic (exact) mass is 231 g/mol. The number of anilines is 1. The van der Waals surface area contributed by atoms with E-state index in [-0.39, 0.29) is 5.82 Å².